The van der Waals surface area contributed by atoms with Gasteiger partial charge in [-0.3, -0.25) is 0 Å². The summed E-state index contributed by atoms with van der Waals surface area (Å²) in [5, 5.41) is 9.04. The zero-order chi connectivity index (χ0) is 13.5. The van der Waals surface area contributed by atoms with Crippen LogP contribution in [0, 0.1) is 0 Å². The second-order valence-electron chi connectivity index (χ2n) is 3.77. The Bertz CT molecular complexity index is 414. The van der Waals surface area contributed by atoms with E-state index in [2.05, 4.69) is 0 Å². The Kier molecular flexibility index (Phi) is 5.45. The molecule has 0 amide bonds. The van der Waals surface area contributed by atoms with Crippen molar-refractivity contribution in [2.24, 2.45) is 0 Å². The van der Waals surface area contributed by atoms with E-state index in [0.29, 0.717) is 24.5 Å². The van der Waals surface area contributed by atoms with Gasteiger partial charge in [0.2, 0.25) is 0 Å². The fourth-order valence-electron chi connectivity index (χ4n) is 1.76. The molecule has 1 aromatic rings. The van der Waals surface area contributed by atoms with Crippen LogP contribution in [0.2, 0.25) is 0 Å². The first-order valence-electron chi connectivity index (χ1n) is 5.61. The molecule has 0 radical (unpaired) electrons. The van der Waals surface area contributed by atoms with E-state index in [1.807, 2.05) is 0 Å². The summed E-state index contributed by atoms with van der Waals surface area (Å²) in [6, 6.07) is 3.07. The molecule has 0 aliphatic carbocycles. The summed E-state index contributed by atoms with van der Waals surface area (Å²) in [6.45, 7) is 0.614. The average Bonchev–Trinajstić information content (AvgIpc) is 2.37. The summed E-state index contributed by atoms with van der Waals surface area (Å²) in [5.74, 6) is 0.0346. The zero-order valence-electron chi connectivity index (χ0n) is 10.9. The van der Waals surface area contributed by atoms with Crippen LogP contribution in [0.15, 0.2) is 12.1 Å². The average molecular weight is 254 g/mol. The molecular weight excluding hydrogens is 236 g/mol. The Morgan fingerprint density at radius 3 is 2.44 bits per heavy atom. The number of carboxylic acids is 1. The van der Waals surface area contributed by atoms with Crippen LogP contribution in [0.4, 0.5) is 0 Å². The Hall–Kier alpha value is -1.75. The monoisotopic (exact) mass is 254 g/mol. The molecule has 1 rings (SSSR count). The summed E-state index contributed by atoms with van der Waals surface area (Å²) in [4.78, 5) is 11.0. The number of carbonyl (C=O) groups is 1. The number of aryl methyl sites for hydroxylation is 1. The first-order valence-corrected chi connectivity index (χ1v) is 5.61. The van der Waals surface area contributed by atoms with Gasteiger partial charge < -0.3 is 19.3 Å². The molecule has 0 saturated heterocycles. The number of rotatable bonds is 7. The van der Waals surface area contributed by atoms with Crippen LogP contribution < -0.4 is 9.47 Å². The van der Waals surface area contributed by atoms with Gasteiger partial charge in [-0.05, 0) is 30.5 Å². The van der Waals surface area contributed by atoms with Crippen molar-refractivity contribution in [3.8, 4) is 11.5 Å². The molecule has 0 unspecified atom stereocenters. The minimum atomic E-state index is -0.982. The fraction of sp³-hybridized carbons (Fsp3) is 0.462. The first-order chi connectivity index (χ1) is 8.63. The number of ether oxygens (including phenoxy) is 3. The number of hydrogen-bond acceptors (Lipinski definition) is 4. The predicted molar refractivity (Wildman–Crippen MR) is 66.7 cm³/mol. The highest BCUT2D eigenvalue weighted by Gasteiger charge is 2.15. The van der Waals surface area contributed by atoms with Gasteiger partial charge in [-0.15, -0.1) is 0 Å². The van der Waals surface area contributed by atoms with Crippen LogP contribution in [0.1, 0.15) is 22.3 Å². The first kappa shape index (κ1) is 14.3. The summed E-state index contributed by atoms with van der Waals surface area (Å²) >= 11 is 0. The van der Waals surface area contributed by atoms with Crippen LogP contribution >= 0.6 is 0 Å². The Morgan fingerprint density at radius 2 is 1.94 bits per heavy atom. The third kappa shape index (κ3) is 3.37. The third-order valence-electron chi connectivity index (χ3n) is 2.60. The lowest BCUT2D eigenvalue weighted by atomic mass is 10.0. The molecule has 0 aromatic heterocycles. The molecule has 100 valence electrons. The maximum Gasteiger partial charge on any atom is 0.335 e. The number of benzene rings is 1. The quantitative estimate of drug-likeness (QED) is 0.754. The van der Waals surface area contributed by atoms with E-state index < -0.39 is 5.97 Å². The van der Waals surface area contributed by atoms with E-state index >= 15 is 0 Å². The van der Waals surface area contributed by atoms with Crippen molar-refractivity contribution >= 4 is 5.97 Å². The molecule has 0 fully saturated rings. The Labute approximate surface area is 106 Å². The van der Waals surface area contributed by atoms with E-state index in [9.17, 15) is 4.79 Å². The van der Waals surface area contributed by atoms with Gasteiger partial charge in [0.15, 0.2) is 11.5 Å². The number of aromatic carboxylic acids is 1. The van der Waals surface area contributed by atoms with Gasteiger partial charge in [0.25, 0.3) is 0 Å². The largest absolute Gasteiger partial charge is 0.493 e. The molecule has 0 atom stereocenters. The minimum absolute atomic E-state index is 0.195. The lowest BCUT2D eigenvalue weighted by Gasteiger charge is -2.13. The number of methoxy groups -OCH3 is 3. The molecule has 0 spiro atoms. The number of hydrogen-bond donors (Lipinski definition) is 1. The van der Waals surface area contributed by atoms with Gasteiger partial charge >= 0.3 is 5.97 Å². The smallest absolute Gasteiger partial charge is 0.335 e. The molecule has 0 aliphatic heterocycles. The van der Waals surface area contributed by atoms with Crippen LogP contribution in [0.25, 0.3) is 0 Å². The standard InChI is InChI=1S/C13H18O5/c1-16-6-4-5-9-7-10(13(14)15)8-11(17-2)12(9)18-3/h7-8H,4-6H2,1-3H3,(H,14,15). The lowest BCUT2D eigenvalue weighted by molar-refractivity contribution is 0.0696. The van der Waals surface area contributed by atoms with Gasteiger partial charge in [-0.1, -0.05) is 0 Å². The van der Waals surface area contributed by atoms with Crippen molar-refractivity contribution in [1.29, 1.82) is 0 Å². The minimum Gasteiger partial charge on any atom is -0.493 e. The van der Waals surface area contributed by atoms with E-state index in [1.165, 1.54) is 20.3 Å². The molecule has 1 aromatic carbocycles. The van der Waals surface area contributed by atoms with Gasteiger partial charge in [0.1, 0.15) is 0 Å². The molecule has 0 aliphatic rings. The van der Waals surface area contributed by atoms with Gasteiger partial charge in [-0.2, -0.15) is 0 Å². The summed E-state index contributed by atoms with van der Waals surface area (Å²) in [7, 11) is 4.66. The molecular formula is C13H18O5. The highest BCUT2D eigenvalue weighted by atomic mass is 16.5. The van der Waals surface area contributed by atoms with Crippen molar-refractivity contribution in [2.45, 2.75) is 12.8 Å². The second kappa shape index (κ2) is 6.86. The zero-order valence-corrected chi connectivity index (χ0v) is 10.9. The maximum absolute atomic E-state index is 11.0. The van der Waals surface area contributed by atoms with Crippen molar-refractivity contribution in [3.05, 3.63) is 23.3 Å². The summed E-state index contributed by atoms with van der Waals surface area (Å²) in [5.41, 5.74) is 1.01. The normalized spacial score (nSPS) is 10.2. The number of carboxylic acid groups (broad SMARTS) is 1. The van der Waals surface area contributed by atoms with E-state index in [-0.39, 0.29) is 5.56 Å². The second-order valence-corrected chi connectivity index (χ2v) is 3.77. The SMILES string of the molecule is COCCCc1cc(C(=O)O)cc(OC)c1OC. The van der Waals surface area contributed by atoms with Crippen LogP contribution in [-0.4, -0.2) is 39.0 Å². The van der Waals surface area contributed by atoms with Crippen LogP contribution in [-0.2, 0) is 11.2 Å². The Morgan fingerprint density at radius 1 is 1.22 bits per heavy atom. The molecule has 18 heavy (non-hydrogen) atoms. The van der Waals surface area contributed by atoms with Crippen molar-refractivity contribution in [1.82, 2.24) is 0 Å². The lowest BCUT2D eigenvalue weighted by Crippen LogP contribution is -2.03. The summed E-state index contributed by atoms with van der Waals surface area (Å²) < 4.78 is 15.4. The third-order valence-corrected chi connectivity index (χ3v) is 2.60. The van der Waals surface area contributed by atoms with Crippen LogP contribution in [0.5, 0.6) is 11.5 Å². The van der Waals surface area contributed by atoms with E-state index in [4.69, 9.17) is 19.3 Å². The summed E-state index contributed by atoms with van der Waals surface area (Å²) in [6.07, 6.45) is 1.47. The highest BCUT2D eigenvalue weighted by molar-refractivity contribution is 5.89. The van der Waals surface area contributed by atoms with Crippen LogP contribution in [0.3, 0.4) is 0 Å². The molecule has 0 heterocycles. The highest BCUT2D eigenvalue weighted by Crippen LogP contribution is 2.33. The maximum atomic E-state index is 11.0. The fourth-order valence-corrected chi connectivity index (χ4v) is 1.76. The van der Waals surface area contributed by atoms with Crippen molar-refractivity contribution < 1.29 is 24.1 Å². The topological polar surface area (TPSA) is 65.0 Å². The Balaban J connectivity index is 3.09. The molecule has 0 bridgehead atoms. The van der Waals surface area contributed by atoms with Gasteiger partial charge in [-0.25, -0.2) is 4.79 Å². The van der Waals surface area contributed by atoms with E-state index in [0.717, 1.165) is 12.0 Å². The molecule has 5 heteroatoms. The molecule has 5 nitrogen and oxygen atoms in total. The predicted octanol–water partition coefficient (Wildman–Crippen LogP) is 1.98. The van der Waals surface area contributed by atoms with Gasteiger partial charge in [0.05, 0.1) is 19.8 Å². The van der Waals surface area contributed by atoms with Crippen molar-refractivity contribution in [3.63, 3.8) is 0 Å². The van der Waals surface area contributed by atoms with Gasteiger partial charge in [0, 0.05) is 13.7 Å². The van der Waals surface area contributed by atoms with E-state index in [1.54, 1.807) is 13.2 Å². The van der Waals surface area contributed by atoms with Crippen molar-refractivity contribution in [2.75, 3.05) is 27.9 Å². The molecule has 0 saturated carbocycles. The molecule has 1 N–H and O–H groups in total.